The molecule has 1 unspecified atom stereocenters. The van der Waals surface area contributed by atoms with Crippen LogP contribution in [0, 0.1) is 12.8 Å². The van der Waals surface area contributed by atoms with Crippen molar-refractivity contribution in [3.8, 4) is 0 Å². The van der Waals surface area contributed by atoms with Crippen molar-refractivity contribution in [2.24, 2.45) is 5.92 Å². The molecule has 0 bridgehead atoms. The summed E-state index contributed by atoms with van der Waals surface area (Å²) in [6.45, 7) is 7.37. The highest BCUT2D eigenvalue weighted by Gasteiger charge is 2.01. The van der Waals surface area contributed by atoms with Crippen LogP contribution in [0.1, 0.15) is 25.3 Å². The van der Waals surface area contributed by atoms with E-state index in [4.69, 9.17) is 0 Å². The van der Waals surface area contributed by atoms with Gasteiger partial charge in [-0.25, -0.2) is 0 Å². The second-order valence-corrected chi connectivity index (χ2v) is 4.20. The topological polar surface area (TPSA) is 37.8 Å². The summed E-state index contributed by atoms with van der Waals surface area (Å²) < 4.78 is 0. The summed E-state index contributed by atoms with van der Waals surface area (Å²) in [5.41, 5.74) is 0. The molecule has 0 saturated carbocycles. The number of anilines is 1. The molecule has 0 aliphatic heterocycles. The molecule has 68 valence electrons. The molecule has 3 nitrogen and oxygen atoms in total. The standard InChI is InChI=1S/C8H15N3S/c1-4-6(2)5-9-8-11-10-7(3)12-8/h6H,4-5H2,1-3H3,(H,9,11). The molecule has 0 radical (unpaired) electrons. The van der Waals surface area contributed by atoms with Gasteiger partial charge in [0, 0.05) is 6.54 Å². The molecule has 12 heavy (non-hydrogen) atoms. The average Bonchev–Trinajstić information content (AvgIpc) is 2.47. The van der Waals surface area contributed by atoms with Gasteiger partial charge in [0.15, 0.2) is 0 Å². The molecule has 1 aromatic rings. The fraction of sp³-hybridized carbons (Fsp3) is 0.750. The molecule has 0 saturated heterocycles. The summed E-state index contributed by atoms with van der Waals surface area (Å²) in [4.78, 5) is 0. The SMILES string of the molecule is CCC(C)CNc1nnc(C)s1. The smallest absolute Gasteiger partial charge is 0.205 e. The van der Waals surface area contributed by atoms with Gasteiger partial charge in [0.25, 0.3) is 0 Å². The van der Waals surface area contributed by atoms with E-state index in [-0.39, 0.29) is 0 Å². The molecule has 0 fully saturated rings. The fourth-order valence-electron chi connectivity index (χ4n) is 0.774. The molecular weight excluding hydrogens is 170 g/mol. The number of nitrogens with zero attached hydrogens (tertiary/aromatic N) is 2. The Balaban J connectivity index is 2.33. The first kappa shape index (κ1) is 9.45. The Morgan fingerprint density at radius 2 is 2.25 bits per heavy atom. The molecule has 1 aromatic heterocycles. The predicted molar refractivity (Wildman–Crippen MR) is 52.6 cm³/mol. The average molecular weight is 185 g/mol. The van der Waals surface area contributed by atoms with E-state index in [0.717, 1.165) is 16.7 Å². The molecule has 4 heteroatoms. The Labute approximate surface area is 77.2 Å². The second-order valence-electron chi connectivity index (χ2n) is 3.02. The number of hydrogen-bond acceptors (Lipinski definition) is 4. The van der Waals surface area contributed by atoms with E-state index in [1.165, 1.54) is 6.42 Å². The highest BCUT2D eigenvalue weighted by atomic mass is 32.1. The molecule has 1 N–H and O–H groups in total. The van der Waals surface area contributed by atoms with Crippen LogP contribution in [0.4, 0.5) is 5.13 Å². The zero-order chi connectivity index (χ0) is 8.97. The van der Waals surface area contributed by atoms with Crippen molar-refractivity contribution in [2.75, 3.05) is 11.9 Å². The largest absolute Gasteiger partial charge is 0.360 e. The van der Waals surface area contributed by atoms with Crippen LogP contribution in [0.2, 0.25) is 0 Å². The lowest BCUT2D eigenvalue weighted by Crippen LogP contribution is -2.09. The molecule has 1 rings (SSSR count). The zero-order valence-corrected chi connectivity index (χ0v) is 8.61. The summed E-state index contributed by atoms with van der Waals surface area (Å²) in [5, 5.41) is 13.1. The van der Waals surface area contributed by atoms with Gasteiger partial charge in [-0.15, -0.1) is 10.2 Å². The number of aromatic nitrogens is 2. The van der Waals surface area contributed by atoms with E-state index in [2.05, 4.69) is 29.4 Å². The van der Waals surface area contributed by atoms with Gasteiger partial charge in [-0.3, -0.25) is 0 Å². The Morgan fingerprint density at radius 3 is 2.75 bits per heavy atom. The maximum atomic E-state index is 3.98. The van der Waals surface area contributed by atoms with Gasteiger partial charge in [-0.1, -0.05) is 31.6 Å². The molecule has 0 aliphatic carbocycles. The van der Waals surface area contributed by atoms with Crippen LogP contribution < -0.4 is 5.32 Å². The fourth-order valence-corrected chi connectivity index (χ4v) is 1.37. The van der Waals surface area contributed by atoms with Crippen LogP contribution in [-0.2, 0) is 0 Å². The van der Waals surface area contributed by atoms with Crippen molar-refractivity contribution < 1.29 is 0 Å². The first-order valence-electron chi connectivity index (χ1n) is 4.26. The number of hydrogen-bond donors (Lipinski definition) is 1. The summed E-state index contributed by atoms with van der Waals surface area (Å²) in [7, 11) is 0. The lowest BCUT2D eigenvalue weighted by atomic mass is 10.1. The zero-order valence-electron chi connectivity index (χ0n) is 7.79. The summed E-state index contributed by atoms with van der Waals surface area (Å²) in [6.07, 6.45) is 1.20. The van der Waals surface area contributed by atoms with E-state index in [1.807, 2.05) is 6.92 Å². The third-order valence-corrected chi connectivity index (χ3v) is 2.62. The molecule has 0 aliphatic rings. The minimum absolute atomic E-state index is 0.703. The minimum Gasteiger partial charge on any atom is -0.360 e. The van der Waals surface area contributed by atoms with Gasteiger partial charge in [-0.05, 0) is 12.8 Å². The highest BCUT2D eigenvalue weighted by Crippen LogP contribution is 2.14. The molecule has 1 atom stereocenters. The van der Waals surface area contributed by atoms with Crippen molar-refractivity contribution in [3.63, 3.8) is 0 Å². The van der Waals surface area contributed by atoms with Crippen molar-refractivity contribution in [2.45, 2.75) is 27.2 Å². The van der Waals surface area contributed by atoms with Gasteiger partial charge < -0.3 is 5.32 Å². The van der Waals surface area contributed by atoms with E-state index in [9.17, 15) is 0 Å². The van der Waals surface area contributed by atoms with Crippen LogP contribution in [0.5, 0.6) is 0 Å². The van der Waals surface area contributed by atoms with Gasteiger partial charge in [0.05, 0.1) is 0 Å². The Kier molecular flexibility index (Phi) is 3.47. The first-order valence-corrected chi connectivity index (χ1v) is 5.08. The maximum absolute atomic E-state index is 3.98. The molecule has 1 heterocycles. The van der Waals surface area contributed by atoms with E-state index in [1.54, 1.807) is 11.3 Å². The Bertz CT molecular complexity index is 234. The monoisotopic (exact) mass is 185 g/mol. The Morgan fingerprint density at radius 1 is 1.50 bits per heavy atom. The second kappa shape index (κ2) is 4.40. The summed E-state index contributed by atoms with van der Waals surface area (Å²) in [6, 6.07) is 0. The lowest BCUT2D eigenvalue weighted by Gasteiger charge is -2.07. The number of aryl methyl sites for hydroxylation is 1. The predicted octanol–water partition coefficient (Wildman–Crippen LogP) is 2.30. The molecule has 0 spiro atoms. The van der Waals surface area contributed by atoms with Crippen LogP contribution in [0.25, 0.3) is 0 Å². The van der Waals surface area contributed by atoms with Crippen LogP contribution in [0.3, 0.4) is 0 Å². The summed E-state index contributed by atoms with van der Waals surface area (Å²) in [5.74, 6) is 0.703. The van der Waals surface area contributed by atoms with Crippen LogP contribution >= 0.6 is 11.3 Å². The van der Waals surface area contributed by atoms with Crippen molar-refractivity contribution in [3.05, 3.63) is 5.01 Å². The number of nitrogens with one attached hydrogen (secondary N) is 1. The van der Waals surface area contributed by atoms with E-state index < -0.39 is 0 Å². The van der Waals surface area contributed by atoms with Gasteiger partial charge >= 0.3 is 0 Å². The van der Waals surface area contributed by atoms with Crippen LogP contribution in [0.15, 0.2) is 0 Å². The summed E-state index contributed by atoms with van der Waals surface area (Å²) >= 11 is 1.61. The van der Waals surface area contributed by atoms with Crippen molar-refractivity contribution in [1.29, 1.82) is 0 Å². The molecule has 0 aromatic carbocycles. The third-order valence-electron chi connectivity index (χ3n) is 1.82. The van der Waals surface area contributed by atoms with Crippen molar-refractivity contribution >= 4 is 16.5 Å². The highest BCUT2D eigenvalue weighted by molar-refractivity contribution is 7.15. The lowest BCUT2D eigenvalue weighted by molar-refractivity contribution is 0.593. The minimum atomic E-state index is 0.703. The van der Waals surface area contributed by atoms with E-state index in [0.29, 0.717) is 5.92 Å². The van der Waals surface area contributed by atoms with Crippen LogP contribution in [-0.4, -0.2) is 16.7 Å². The number of rotatable bonds is 4. The Hall–Kier alpha value is -0.640. The third kappa shape index (κ3) is 2.77. The van der Waals surface area contributed by atoms with Gasteiger partial charge in [-0.2, -0.15) is 0 Å². The van der Waals surface area contributed by atoms with E-state index >= 15 is 0 Å². The first-order chi connectivity index (χ1) is 5.72. The maximum Gasteiger partial charge on any atom is 0.205 e. The van der Waals surface area contributed by atoms with Gasteiger partial charge in [0.2, 0.25) is 5.13 Å². The van der Waals surface area contributed by atoms with Gasteiger partial charge in [0.1, 0.15) is 5.01 Å². The quantitative estimate of drug-likeness (QED) is 0.782. The molecule has 0 amide bonds. The van der Waals surface area contributed by atoms with Crippen molar-refractivity contribution in [1.82, 2.24) is 10.2 Å². The molecular formula is C8H15N3S. The normalized spacial score (nSPS) is 12.9.